The maximum Gasteiger partial charge on any atom is 0.241 e. The normalized spacial score (nSPS) is 16.9. The quantitative estimate of drug-likeness (QED) is 0.873. The van der Waals surface area contributed by atoms with Crippen LogP contribution in [0, 0.1) is 0 Å². The van der Waals surface area contributed by atoms with Crippen LogP contribution >= 0.6 is 0 Å². The Balaban J connectivity index is 2.46. The minimum Gasteiger partial charge on any atom is -0.497 e. The molecular weight excluding hydrogens is 300 g/mol. The lowest BCUT2D eigenvalue weighted by molar-refractivity contribution is -0.136. The molecule has 0 saturated heterocycles. The van der Waals surface area contributed by atoms with Crippen molar-refractivity contribution in [2.75, 3.05) is 7.11 Å². The second-order valence-corrected chi connectivity index (χ2v) is 5.00. The van der Waals surface area contributed by atoms with E-state index in [-0.39, 0.29) is 23.7 Å². The average molecular weight is 318 g/mol. The number of guanidine groups is 1. The Kier molecular flexibility index (Phi) is 4.63. The number of carbonyl (C=O) groups excluding carboxylic acids is 3. The van der Waals surface area contributed by atoms with E-state index < -0.39 is 6.17 Å². The molecule has 8 nitrogen and oxygen atoms in total. The summed E-state index contributed by atoms with van der Waals surface area (Å²) in [6.45, 7) is 3.99. The summed E-state index contributed by atoms with van der Waals surface area (Å²) in [6, 6.07) is 6.92. The van der Waals surface area contributed by atoms with Crippen molar-refractivity contribution in [3.05, 3.63) is 29.8 Å². The van der Waals surface area contributed by atoms with E-state index >= 15 is 0 Å². The second-order valence-electron chi connectivity index (χ2n) is 5.00. The fourth-order valence-corrected chi connectivity index (χ4v) is 2.30. The molecule has 1 aromatic carbocycles. The maximum absolute atomic E-state index is 12.0. The molecule has 23 heavy (non-hydrogen) atoms. The summed E-state index contributed by atoms with van der Waals surface area (Å²) >= 11 is 0. The van der Waals surface area contributed by atoms with Gasteiger partial charge in [0.15, 0.2) is 6.17 Å². The van der Waals surface area contributed by atoms with Crippen molar-refractivity contribution in [2.45, 2.75) is 26.9 Å². The lowest BCUT2D eigenvalue weighted by Gasteiger charge is -2.28. The third-order valence-corrected chi connectivity index (χ3v) is 3.27. The number of nitrogens with one attached hydrogen (secondary N) is 1. The molecule has 0 aromatic heterocycles. The first-order chi connectivity index (χ1) is 10.8. The van der Waals surface area contributed by atoms with Crippen LogP contribution < -0.4 is 10.1 Å². The Hall–Kier alpha value is -2.90. The lowest BCUT2D eigenvalue weighted by atomic mass is 10.1. The number of rotatable bonds is 2. The number of hydrogen-bond donors (Lipinski definition) is 1. The predicted molar refractivity (Wildman–Crippen MR) is 82.0 cm³/mol. The molecule has 1 heterocycles. The number of nitrogens with zero attached hydrogens (tertiary/aromatic N) is 3. The standard InChI is InChI=1S/C15H18N4O4/c1-9(20)16-15-17-19(11(3)22)14(18(15)10(2)21)12-5-7-13(23-4)8-6-12/h5-8,14H,1-4H3,(H,16,17,20). The topological polar surface area (TPSA) is 91.3 Å². The first kappa shape index (κ1) is 16.5. The molecule has 3 amide bonds. The van der Waals surface area contributed by atoms with Gasteiger partial charge in [-0.2, -0.15) is 0 Å². The molecule has 1 aromatic rings. The highest BCUT2D eigenvalue weighted by molar-refractivity contribution is 6.05. The Morgan fingerprint density at radius 1 is 1.09 bits per heavy atom. The molecular formula is C15H18N4O4. The lowest BCUT2D eigenvalue weighted by Crippen LogP contribution is -2.45. The number of carbonyl (C=O) groups is 3. The van der Waals surface area contributed by atoms with E-state index in [1.165, 1.54) is 25.7 Å². The summed E-state index contributed by atoms with van der Waals surface area (Å²) in [6.07, 6.45) is -0.752. The number of hydrogen-bond acceptors (Lipinski definition) is 5. The van der Waals surface area contributed by atoms with Gasteiger partial charge in [0.1, 0.15) is 5.75 Å². The van der Waals surface area contributed by atoms with Gasteiger partial charge in [0.2, 0.25) is 23.7 Å². The van der Waals surface area contributed by atoms with E-state index in [0.29, 0.717) is 11.3 Å². The summed E-state index contributed by atoms with van der Waals surface area (Å²) in [5, 5.41) is 7.71. The largest absolute Gasteiger partial charge is 0.497 e. The van der Waals surface area contributed by atoms with Gasteiger partial charge in [0.05, 0.1) is 7.11 Å². The highest BCUT2D eigenvalue weighted by Crippen LogP contribution is 2.31. The van der Waals surface area contributed by atoms with E-state index in [2.05, 4.69) is 10.4 Å². The van der Waals surface area contributed by atoms with E-state index in [4.69, 9.17) is 4.74 Å². The highest BCUT2D eigenvalue weighted by atomic mass is 16.5. The monoisotopic (exact) mass is 318 g/mol. The molecule has 1 aliphatic rings. The SMILES string of the molecule is COc1ccc(C2N(C(C)=O)N=C(NC(C)=O)N2C(C)=O)cc1. The Morgan fingerprint density at radius 3 is 2.13 bits per heavy atom. The van der Waals surface area contributed by atoms with Crippen LogP contribution in [0.4, 0.5) is 0 Å². The zero-order valence-corrected chi connectivity index (χ0v) is 13.4. The number of hydrazone groups is 1. The van der Waals surface area contributed by atoms with E-state index in [9.17, 15) is 14.4 Å². The van der Waals surface area contributed by atoms with E-state index in [0.717, 1.165) is 5.01 Å². The molecule has 0 saturated carbocycles. The second kappa shape index (κ2) is 6.47. The van der Waals surface area contributed by atoms with Gasteiger partial charge < -0.3 is 4.74 Å². The van der Waals surface area contributed by atoms with Crippen LogP contribution in [0.1, 0.15) is 32.5 Å². The summed E-state index contributed by atoms with van der Waals surface area (Å²) in [7, 11) is 1.55. The van der Waals surface area contributed by atoms with Crippen molar-refractivity contribution in [3.63, 3.8) is 0 Å². The van der Waals surface area contributed by atoms with Gasteiger partial charge in [0.25, 0.3) is 0 Å². The fourth-order valence-electron chi connectivity index (χ4n) is 2.30. The van der Waals surface area contributed by atoms with Crippen molar-refractivity contribution in [2.24, 2.45) is 5.10 Å². The molecule has 0 spiro atoms. The van der Waals surface area contributed by atoms with Crippen molar-refractivity contribution in [3.8, 4) is 5.75 Å². The maximum atomic E-state index is 12.0. The van der Waals surface area contributed by atoms with Crippen molar-refractivity contribution in [1.29, 1.82) is 0 Å². The summed E-state index contributed by atoms with van der Waals surface area (Å²) < 4.78 is 5.11. The molecule has 0 bridgehead atoms. The van der Waals surface area contributed by atoms with E-state index in [1.807, 2.05) is 0 Å². The number of ether oxygens (including phenoxy) is 1. The van der Waals surface area contributed by atoms with Crippen LogP contribution in [0.15, 0.2) is 29.4 Å². The third kappa shape index (κ3) is 3.31. The third-order valence-electron chi connectivity index (χ3n) is 3.27. The van der Waals surface area contributed by atoms with Gasteiger partial charge in [-0.25, -0.2) is 5.01 Å². The molecule has 0 aliphatic carbocycles. The highest BCUT2D eigenvalue weighted by Gasteiger charge is 2.40. The number of amides is 3. The molecule has 1 unspecified atom stereocenters. The van der Waals surface area contributed by atoms with Gasteiger partial charge in [-0.1, -0.05) is 12.1 Å². The van der Waals surface area contributed by atoms with Crippen LogP contribution in [0.25, 0.3) is 0 Å². The van der Waals surface area contributed by atoms with Crippen LogP contribution in [-0.2, 0) is 14.4 Å². The molecule has 0 fully saturated rings. The van der Waals surface area contributed by atoms with Crippen LogP contribution in [0.3, 0.4) is 0 Å². The predicted octanol–water partition coefficient (Wildman–Crippen LogP) is 0.811. The summed E-state index contributed by atoms with van der Waals surface area (Å²) in [4.78, 5) is 36.5. The summed E-state index contributed by atoms with van der Waals surface area (Å²) in [5.74, 6) is -0.395. The molecule has 0 radical (unpaired) electrons. The van der Waals surface area contributed by atoms with Crippen LogP contribution in [0.5, 0.6) is 5.75 Å². The molecule has 122 valence electrons. The van der Waals surface area contributed by atoms with Crippen molar-refractivity contribution in [1.82, 2.24) is 15.2 Å². The fraction of sp³-hybridized carbons (Fsp3) is 0.333. The minimum atomic E-state index is -0.752. The van der Waals surface area contributed by atoms with Gasteiger partial charge in [-0.3, -0.25) is 24.6 Å². The van der Waals surface area contributed by atoms with Crippen LogP contribution in [0.2, 0.25) is 0 Å². The Morgan fingerprint density at radius 2 is 1.70 bits per heavy atom. The van der Waals surface area contributed by atoms with Gasteiger partial charge in [0, 0.05) is 20.8 Å². The zero-order valence-electron chi connectivity index (χ0n) is 13.4. The molecule has 8 heteroatoms. The van der Waals surface area contributed by atoms with Gasteiger partial charge in [-0.05, 0) is 17.7 Å². The minimum absolute atomic E-state index is 0.0287. The van der Waals surface area contributed by atoms with Crippen LogP contribution in [-0.4, -0.2) is 40.7 Å². The molecule has 1 aliphatic heterocycles. The van der Waals surface area contributed by atoms with Gasteiger partial charge in [-0.15, -0.1) is 5.10 Å². The van der Waals surface area contributed by atoms with E-state index in [1.54, 1.807) is 31.4 Å². The zero-order chi connectivity index (χ0) is 17.1. The number of benzene rings is 1. The number of methoxy groups -OCH3 is 1. The van der Waals surface area contributed by atoms with Crippen molar-refractivity contribution < 1.29 is 19.1 Å². The average Bonchev–Trinajstić information content (AvgIpc) is 2.86. The Labute approximate surface area is 133 Å². The van der Waals surface area contributed by atoms with Gasteiger partial charge >= 0.3 is 0 Å². The molecule has 1 atom stereocenters. The summed E-state index contributed by atoms with van der Waals surface area (Å²) in [5.41, 5.74) is 0.667. The van der Waals surface area contributed by atoms with Crippen molar-refractivity contribution >= 4 is 23.7 Å². The Bertz CT molecular complexity index is 669. The first-order valence-corrected chi connectivity index (χ1v) is 6.95. The molecule has 1 N–H and O–H groups in total. The first-order valence-electron chi connectivity index (χ1n) is 6.95. The molecule has 2 rings (SSSR count). The smallest absolute Gasteiger partial charge is 0.241 e.